The molecule has 37 heavy (non-hydrogen) atoms. The first-order chi connectivity index (χ1) is 17.4. The highest BCUT2D eigenvalue weighted by atomic mass is 32.1. The van der Waals surface area contributed by atoms with Crippen LogP contribution in [-0.4, -0.2) is 59.5 Å². The molecule has 0 aliphatic rings. The molecule has 0 saturated carbocycles. The molecule has 0 saturated heterocycles. The molecular weight excluding hydrogens is 506 g/mol. The lowest BCUT2D eigenvalue weighted by Crippen LogP contribution is -2.42. The molecule has 0 aliphatic carbocycles. The second-order valence-corrected chi connectivity index (χ2v) is 9.77. The highest BCUT2D eigenvalue weighted by Crippen LogP contribution is 2.30. The number of thiazole rings is 1. The highest BCUT2D eigenvalue weighted by Gasteiger charge is 2.21. The Morgan fingerprint density at radius 2 is 1.84 bits per heavy atom. The maximum atomic E-state index is 12.7. The molecule has 0 spiro atoms. The molecule has 13 nitrogen and oxygen atoms in total. The van der Waals surface area contributed by atoms with E-state index in [1.165, 1.54) is 13.0 Å². The summed E-state index contributed by atoms with van der Waals surface area (Å²) in [7, 11) is 0. The van der Waals surface area contributed by atoms with Gasteiger partial charge in [-0.15, -0.1) is 0 Å². The summed E-state index contributed by atoms with van der Waals surface area (Å²) in [6.45, 7) is 8.99. The second-order valence-electron chi connectivity index (χ2n) is 8.80. The minimum absolute atomic E-state index is 0.0217. The van der Waals surface area contributed by atoms with E-state index in [4.69, 9.17) is 14.2 Å². The lowest BCUT2D eigenvalue weighted by atomic mass is 10.1. The van der Waals surface area contributed by atoms with Gasteiger partial charge in [0, 0.05) is 5.54 Å². The third-order valence-electron chi connectivity index (χ3n) is 4.41. The smallest absolute Gasteiger partial charge is 0.409 e. The lowest BCUT2D eigenvalue weighted by molar-refractivity contribution is -0.380. The summed E-state index contributed by atoms with van der Waals surface area (Å²) in [6.07, 6.45) is -1.33. The molecule has 2 aromatic rings. The summed E-state index contributed by atoms with van der Waals surface area (Å²) in [5, 5.41) is 18.8. The molecule has 14 heteroatoms. The maximum Gasteiger partial charge on any atom is 0.409 e. The summed E-state index contributed by atoms with van der Waals surface area (Å²) in [5.41, 5.74) is 0.222. The number of aromatic nitrogens is 1. The van der Waals surface area contributed by atoms with Crippen LogP contribution in [0.4, 0.5) is 20.6 Å². The summed E-state index contributed by atoms with van der Waals surface area (Å²) in [5.74, 6) is -0.946. The molecule has 1 atom stereocenters. The molecular formula is C23H31N5O8S. The van der Waals surface area contributed by atoms with Crippen molar-refractivity contribution in [1.29, 1.82) is 0 Å². The Kier molecular flexibility index (Phi) is 10.9. The van der Waals surface area contributed by atoms with E-state index in [1.54, 1.807) is 25.1 Å². The lowest BCUT2D eigenvalue weighted by Gasteiger charge is -2.22. The standard InChI is InChI=1S/C23H31N5O8S/c1-14-20(28(32)33)37-21(24-14)26-19(30)16-8-6-7-9-17(16)25-18(29)10-11-34-12-13-35-15(2)36-22(31)27-23(3,4)5/h6-9,15H,10-13H2,1-5H3,(H,25,29)(H,27,31)(H,24,26,30). The monoisotopic (exact) mass is 537 g/mol. The molecule has 202 valence electrons. The molecule has 3 N–H and O–H groups in total. The number of nitrogens with zero attached hydrogens (tertiary/aromatic N) is 2. The van der Waals surface area contributed by atoms with E-state index in [9.17, 15) is 24.5 Å². The molecule has 0 bridgehead atoms. The van der Waals surface area contributed by atoms with Crippen LogP contribution in [0.1, 0.15) is 50.2 Å². The average Bonchev–Trinajstić information content (AvgIpc) is 3.15. The Bertz CT molecular complexity index is 1110. The van der Waals surface area contributed by atoms with Crippen LogP contribution < -0.4 is 16.0 Å². The number of para-hydroxylation sites is 1. The number of rotatable bonds is 12. The van der Waals surface area contributed by atoms with Crippen LogP contribution in [-0.2, 0) is 19.0 Å². The van der Waals surface area contributed by atoms with Gasteiger partial charge in [-0.3, -0.25) is 25.0 Å². The number of carbonyl (C=O) groups excluding carboxylic acids is 3. The van der Waals surface area contributed by atoms with Gasteiger partial charge in [0.15, 0.2) is 5.13 Å². The van der Waals surface area contributed by atoms with Gasteiger partial charge in [-0.25, -0.2) is 9.78 Å². The van der Waals surface area contributed by atoms with Gasteiger partial charge >= 0.3 is 11.1 Å². The van der Waals surface area contributed by atoms with Crippen molar-refractivity contribution in [3.63, 3.8) is 0 Å². The second kappa shape index (κ2) is 13.6. The number of nitro groups is 1. The van der Waals surface area contributed by atoms with Crippen molar-refractivity contribution in [3.8, 4) is 0 Å². The third-order valence-corrected chi connectivity index (χ3v) is 5.43. The maximum absolute atomic E-state index is 12.7. The van der Waals surface area contributed by atoms with Crippen molar-refractivity contribution in [2.24, 2.45) is 0 Å². The van der Waals surface area contributed by atoms with Crippen molar-refractivity contribution in [2.45, 2.75) is 52.9 Å². The van der Waals surface area contributed by atoms with Gasteiger partial charge in [-0.2, -0.15) is 0 Å². The van der Waals surface area contributed by atoms with Crippen LogP contribution in [0.15, 0.2) is 24.3 Å². The zero-order chi connectivity index (χ0) is 27.6. The molecule has 1 aromatic heterocycles. The first-order valence-corrected chi connectivity index (χ1v) is 12.2. The molecule has 1 aromatic carbocycles. The van der Waals surface area contributed by atoms with E-state index in [1.807, 2.05) is 20.8 Å². The molecule has 0 aliphatic heterocycles. The van der Waals surface area contributed by atoms with E-state index in [2.05, 4.69) is 20.9 Å². The first-order valence-electron chi connectivity index (χ1n) is 11.4. The molecule has 2 rings (SSSR count). The topological polar surface area (TPSA) is 171 Å². The number of anilines is 2. The van der Waals surface area contributed by atoms with E-state index in [0.29, 0.717) is 0 Å². The van der Waals surface area contributed by atoms with Gasteiger partial charge in [0.1, 0.15) is 5.69 Å². The van der Waals surface area contributed by atoms with Crippen LogP contribution in [0, 0.1) is 17.0 Å². The van der Waals surface area contributed by atoms with E-state index >= 15 is 0 Å². The fourth-order valence-corrected chi connectivity index (χ4v) is 3.62. The normalized spacial score (nSPS) is 11.9. The van der Waals surface area contributed by atoms with Gasteiger partial charge in [0.25, 0.3) is 5.91 Å². The zero-order valence-corrected chi connectivity index (χ0v) is 22.1. The van der Waals surface area contributed by atoms with Crippen LogP contribution >= 0.6 is 11.3 Å². The largest absolute Gasteiger partial charge is 0.420 e. The van der Waals surface area contributed by atoms with Crippen LogP contribution in [0.25, 0.3) is 0 Å². The number of aryl methyl sites for hydroxylation is 1. The Morgan fingerprint density at radius 1 is 1.14 bits per heavy atom. The first kappa shape index (κ1) is 29.6. The summed E-state index contributed by atoms with van der Waals surface area (Å²) >= 11 is 0.750. The van der Waals surface area contributed by atoms with E-state index in [-0.39, 0.29) is 59.2 Å². The van der Waals surface area contributed by atoms with Crippen molar-refractivity contribution >= 4 is 45.1 Å². The number of amides is 3. The van der Waals surface area contributed by atoms with Gasteiger partial charge in [-0.05, 0) is 58.1 Å². The summed E-state index contributed by atoms with van der Waals surface area (Å²) < 4.78 is 15.8. The summed E-state index contributed by atoms with van der Waals surface area (Å²) in [4.78, 5) is 51.1. The van der Waals surface area contributed by atoms with Crippen molar-refractivity contribution in [3.05, 3.63) is 45.6 Å². The number of nitrogens with one attached hydrogen (secondary N) is 3. The molecule has 0 radical (unpaired) electrons. The Morgan fingerprint density at radius 3 is 2.49 bits per heavy atom. The van der Waals surface area contributed by atoms with Crippen molar-refractivity contribution in [2.75, 3.05) is 30.5 Å². The predicted molar refractivity (Wildman–Crippen MR) is 137 cm³/mol. The number of carbonyl (C=O) groups is 3. The predicted octanol–water partition coefficient (Wildman–Crippen LogP) is 3.84. The average molecular weight is 538 g/mol. The molecule has 0 fully saturated rings. The summed E-state index contributed by atoms with van der Waals surface area (Å²) in [6, 6.07) is 6.36. The number of hydrogen-bond donors (Lipinski definition) is 3. The molecule has 1 unspecified atom stereocenters. The third kappa shape index (κ3) is 10.5. The van der Waals surface area contributed by atoms with Crippen LogP contribution in [0.3, 0.4) is 0 Å². The zero-order valence-electron chi connectivity index (χ0n) is 21.3. The van der Waals surface area contributed by atoms with E-state index < -0.39 is 28.8 Å². The van der Waals surface area contributed by atoms with Crippen molar-refractivity contribution < 1.29 is 33.5 Å². The quantitative estimate of drug-likeness (QED) is 0.157. The fraction of sp³-hybridized carbons (Fsp3) is 0.478. The highest BCUT2D eigenvalue weighted by molar-refractivity contribution is 7.19. The SMILES string of the molecule is Cc1nc(NC(=O)c2ccccc2NC(=O)CCOCCOC(C)OC(=O)NC(C)(C)C)sc1[N+](=O)[O-]. The van der Waals surface area contributed by atoms with Gasteiger partial charge in [0.05, 0.1) is 42.4 Å². The van der Waals surface area contributed by atoms with Gasteiger partial charge in [0.2, 0.25) is 12.2 Å². The molecule has 3 amide bonds. The Labute approximate surface area is 218 Å². The molecule has 1 heterocycles. The Balaban J connectivity index is 1.75. The number of ether oxygens (including phenoxy) is 3. The minimum Gasteiger partial charge on any atom is -0.420 e. The van der Waals surface area contributed by atoms with Crippen molar-refractivity contribution in [1.82, 2.24) is 10.3 Å². The number of benzene rings is 1. The minimum atomic E-state index is -0.767. The van der Waals surface area contributed by atoms with E-state index in [0.717, 1.165) is 11.3 Å². The van der Waals surface area contributed by atoms with Crippen LogP contribution in [0.5, 0.6) is 0 Å². The fourth-order valence-electron chi connectivity index (χ4n) is 2.84. The van der Waals surface area contributed by atoms with Gasteiger partial charge in [-0.1, -0.05) is 12.1 Å². The number of alkyl carbamates (subject to hydrolysis) is 1. The Hall–Kier alpha value is -3.62. The van der Waals surface area contributed by atoms with Gasteiger partial charge < -0.3 is 24.8 Å². The number of hydrogen-bond acceptors (Lipinski definition) is 10. The van der Waals surface area contributed by atoms with Crippen LogP contribution in [0.2, 0.25) is 0 Å².